The fourth-order valence-electron chi connectivity index (χ4n) is 3.02. The summed E-state index contributed by atoms with van der Waals surface area (Å²) in [6.45, 7) is 2.63. The van der Waals surface area contributed by atoms with E-state index in [0.717, 1.165) is 24.2 Å². The number of fused-ring (bicyclic) bond motifs is 1. The molecule has 0 bridgehead atoms. The normalized spacial score (nSPS) is 18.5. The number of imide groups is 1. The van der Waals surface area contributed by atoms with Gasteiger partial charge in [0.25, 0.3) is 5.91 Å². The SMILES string of the molecule is CCNC(=O)NC(=O)C[NH+](C)[C@H]1CCCc2ccccc21. The molecule has 0 aromatic heterocycles. The first kappa shape index (κ1) is 15.5. The molecular weight excluding hydrogens is 266 g/mol. The first-order valence-corrected chi connectivity index (χ1v) is 7.59. The van der Waals surface area contributed by atoms with E-state index >= 15 is 0 Å². The van der Waals surface area contributed by atoms with Gasteiger partial charge in [-0.25, -0.2) is 4.79 Å². The van der Waals surface area contributed by atoms with Crippen molar-refractivity contribution in [3.8, 4) is 0 Å². The third-order valence-electron chi connectivity index (χ3n) is 3.99. The summed E-state index contributed by atoms with van der Waals surface area (Å²) < 4.78 is 0. The highest BCUT2D eigenvalue weighted by Crippen LogP contribution is 2.27. The van der Waals surface area contributed by atoms with Crippen molar-refractivity contribution in [2.75, 3.05) is 20.1 Å². The van der Waals surface area contributed by atoms with E-state index in [1.54, 1.807) is 0 Å². The number of carbonyl (C=O) groups excluding carboxylic acids is 2. The lowest BCUT2D eigenvalue weighted by Gasteiger charge is -2.30. The number of hydrogen-bond donors (Lipinski definition) is 3. The number of hydrogen-bond acceptors (Lipinski definition) is 2. The second-order valence-electron chi connectivity index (χ2n) is 5.57. The highest BCUT2D eigenvalue weighted by molar-refractivity contribution is 5.94. The zero-order valence-electron chi connectivity index (χ0n) is 12.7. The maximum absolute atomic E-state index is 11.9. The van der Waals surface area contributed by atoms with Gasteiger partial charge in [0.1, 0.15) is 6.04 Å². The Bertz CT molecular complexity index is 516. The lowest BCUT2D eigenvalue weighted by Crippen LogP contribution is -3.10. The largest absolute Gasteiger partial charge is 0.338 e. The Hall–Kier alpha value is -1.88. The van der Waals surface area contributed by atoms with Crippen molar-refractivity contribution in [3.05, 3.63) is 35.4 Å². The van der Waals surface area contributed by atoms with Gasteiger partial charge in [0.15, 0.2) is 6.54 Å². The molecule has 0 saturated carbocycles. The Morgan fingerprint density at radius 1 is 1.33 bits per heavy atom. The summed E-state index contributed by atoms with van der Waals surface area (Å²) >= 11 is 0. The fraction of sp³-hybridized carbons (Fsp3) is 0.500. The lowest BCUT2D eigenvalue weighted by molar-refractivity contribution is -0.905. The number of likely N-dealkylation sites (N-methyl/N-ethyl adjacent to an activating group) is 1. The molecule has 114 valence electrons. The van der Waals surface area contributed by atoms with Gasteiger partial charge < -0.3 is 10.2 Å². The maximum Gasteiger partial charge on any atom is 0.321 e. The third kappa shape index (κ3) is 4.04. The first-order chi connectivity index (χ1) is 10.1. The van der Waals surface area contributed by atoms with E-state index in [9.17, 15) is 9.59 Å². The summed E-state index contributed by atoms with van der Waals surface area (Å²) in [5, 5.41) is 4.93. The molecule has 3 amide bonds. The summed E-state index contributed by atoms with van der Waals surface area (Å²) in [7, 11) is 2.02. The van der Waals surface area contributed by atoms with Crippen molar-refractivity contribution < 1.29 is 14.5 Å². The number of nitrogens with one attached hydrogen (secondary N) is 3. The van der Waals surface area contributed by atoms with Crippen LogP contribution in [0.3, 0.4) is 0 Å². The molecule has 0 radical (unpaired) electrons. The van der Waals surface area contributed by atoms with Crippen molar-refractivity contribution in [2.24, 2.45) is 0 Å². The standard InChI is InChI=1S/C16H23N3O2/c1-3-17-16(21)18-15(20)11-19(2)14-10-6-8-12-7-4-5-9-13(12)14/h4-5,7,9,14H,3,6,8,10-11H2,1-2H3,(H2,17,18,20,21)/p+1/t14-/m0/s1. The Labute approximate surface area is 125 Å². The van der Waals surface area contributed by atoms with Crippen LogP contribution in [0.1, 0.15) is 36.9 Å². The summed E-state index contributed by atoms with van der Waals surface area (Å²) in [5.41, 5.74) is 2.73. The van der Waals surface area contributed by atoms with Crippen LogP contribution in [-0.2, 0) is 11.2 Å². The number of benzene rings is 1. The predicted molar refractivity (Wildman–Crippen MR) is 81.1 cm³/mol. The molecule has 2 rings (SSSR count). The summed E-state index contributed by atoms with van der Waals surface area (Å²) in [6.07, 6.45) is 3.35. The van der Waals surface area contributed by atoms with Gasteiger partial charge in [-0.15, -0.1) is 0 Å². The van der Waals surface area contributed by atoms with Gasteiger partial charge in [-0.3, -0.25) is 10.1 Å². The quantitative estimate of drug-likeness (QED) is 0.753. The number of amides is 3. The molecule has 1 aromatic rings. The minimum Gasteiger partial charge on any atom is -0.338 e. The molecule has 0 fully saturated rings. The molecule has 1 aromatic carbocycles. The summed E-state index contributed by atoms with van der Waals surface area (Å²) in [6, 6.07) is 8.36. The number of quaternary nitrogens is 1. The van der Waals surface area contributed by atoms with E-state index in [0.29, 0.717) is 19.1 Å². The lowest BCUT2D eigenvalue weighted by atomic mass is 9.87. The molecule has 0 aliphatic heterocycles. The molecule has 5 nitrogen and oxygen atoms in total. The summed E-state index contributed by atoms with van der Waals surface area (Å²) in [4.78, 5) is 24.4. The topological polar surface area (TPSA) is 62.6 Å². The van der Waals surface area contributed by atoms with Gasteiger partial charge in [-0.2, -0.15) is 0 Å². The van der Waals surface area contributed by atoms with Crippen molar-refractivity contribution in [1.82, 2.24) is 10.6 Å². The molecule has 2 atom stereocenters. The third-order valence-corrected chi connectivity index (χ3v) is 3.99. The predicted octanol–water partition coefficient (Wildman–Crippen LogP) is 0.424. The van der Waals surface area contributed by atoms with Gasteiger partial charge in [0.05, 0.1) is 7.05 Å². The Balaban J connectivity index is 1.96. The van der Waals surface area contributed by atoms with E-state index in [2.05, 4.69) is 34.9 Å². The van der Waals surface area contributed by atoms with Crippen LogP contribution in [0.15, 0.2) is 24.3 Å². The van der Waals surface area contributed by atoms with Gasteiger partial charge in [0, 0.05) is 18.5 Å². The molecule has 0 heterocycles. The van der Waals surface area contributed by atoms with Crippen LogP contribution < -0.4 is 15.5 Å². The monoisotopic (exact) mass is 290 g/mol. The second kappa shape index (κ2) is 7.22. The van der Waals surface area contributed by atoms with Crippen LogP contribution in [0.4, 0.5) is 4.79 Å². The maximum atomic E-state index is 11.9. The summed E-state index contributed by atoms with van der Waals surface area (Å²) in [5.74, 6) is -0.235. The van der Waals surface area contributed by atoms with Gasteiger partial charge in [0.2, 0.25) is 0 Å². The Kier molecular flexibility index (Phi) is 5.33. The molecule has 1 aliphatic carbocycles. The van der Waals surface area contributed by atoms with Crippen molar-refractivity contribution >= 4 is 11.9 Å². The molecule has 0 spiro atoms. The fourth-order valence-corrected chi connectivity index (χ4v) is 3.02. The number of carbonyl (C=O) groups is 2. The minimum atomic E-state index is -0.417. The average molecular weight is 290 g/mol. The number of aryl methyl sites for hydroxylation is 1. The van der Waals surface area contributed by atoms with Gasteiger partial charge in [-0.1, -0.05) is 24.3 Å². The highest BCUT2D eigenvalue weighted by Gasteiger charge is 2.28. The van der Waals surface area contributed by atoms with Crippen LogP contribution >= 0.6 is 0 Å². The van der Waals surface area contributed by atoms with E-state index in [1.807, 2.05) is 14.0 Å². The molecule has 0 saturated heterocycles. The average Bonchev–Trinajstić information content (AvgIpc) is 2.46. The molecular formula is C16H24N3O2+. The van der Waals surface area contributed by atoms with Crippen LogP contribution in [0.2, 0.25) is 0 Å². The molecule has 1 aliphatic rings. The first-order valence-electron chi connectivity index (χ1n) is 7.59. The van der Waals surface area contributed by atoms with Crippen LogP contribution in [0.25, 0.3) is 0 Å². The second-order valence-corrected chi connectivity index (χ2v) is 5.57. The van der Waals surface area contributed by atoms with Crippen LogP contribution in [0.5, 0.6) is 0 Å². The smallest absolute Gasteiger partial charge is 0.321 e. The van der Waals surface area contributed by atoms with Crippen molar-refractivity contribution in [2.45, 2.75) is 32.2 Å². The number of rotatable bonds is 4. The van der Waals surface area contributed by atoms with Gasteiger partial charge >= 0.3 is 6.03 Å². The van der Waals surface area contributed by atoms with E-state index in [-0.39, 0.29) is 5.91 Å². The van der Waals surface area contributed by atoms with E-state index in [1.165, 1.54) is 11.1 Å². The van der Waals surface area contributed by atoms with Crippen LogP contribution in [0, 0.1) is 0 Å². The van der Waals surface area contributed by atoms with Crippen molar-refractivity contribution in [1.29, 1.82) is 0 Å². The highest BCUT2D eigenvalue weighted by atomic mass is 16.2. The molecule has 5 heteroatoms. The molecule has 1 unspecified atom stereocenters. The van der Waals surface area contributed by atoms with E-state index in [4.69, 9.17) is 0 Å². The zero-order valence-corrected chi connectivity index (χ0v) is 12.7. The van der Waals surface area contributed by atoms with Crippen LogP contribution in [-0.4, -0.2) is 32.1 Å². The zero-order chi connectivity index (χ0) is 15.2. The minimum absolute atomic E-state index is 0.235. The Morgan fingerprint density at radius 3 is 2.86 bits per heavy atom. The number of urea groups is 1. The van der Waals surface area contributed by atoms with Gasteiger partial charge in [-0.05, 0) is 25.3 Å². The van der Waals surface area contributed by atoms with E-state index < -0.39 is 6.03 Å². The Morgan fingerprint density at radius 2 is 2.10 bits per heavy atom. The molecule has 21 heavy (non-hydrogen) atoms. The van der Waals surface area contributed by atoms with Crippen molar-refractivity contribution in [3.63, 3.8) is 0 Å². The molecule has 3 N–H and O–H groups in total.